The minimum absolute atomic E-state index is 0.732. The molecule has 0 aliphatic carbocycles. The number of alkyl halides is 2. The number of carboxylic acid groups (broad SMARTS) is 2. The van der Waals surface area contributed by atoms with Gasteiger partial charge in [0, 0.05) is 16.7 Å². The van der Waals surface area contributed by atoms with Gasteiger partial charge in [-0.15, -0.1) is 0 Å². The van der Waals surface area contributed by atoms with Crippen molar-refractivity contribution in [3.63, 3.8) is 0 Å². The van der Waals surface area contributed by atoms with Crippen LogP contribution in [0.4, 0.5) is 19.0 Å². The Hall–Kier alpha value is -3.30. The van der Waals surface area contributed by atoms with E-state index in [2.05, 4.69) is 0 Å². The summed E-state index contributed by atoms with van der Waals surface area (Å²) in [5.41, 5.74) is -1.14. The van der Waals surface area contributed by atoms with E-state index in [9.17, 15) is 32.7 Å². The molecule has 5 N–H and O–H groups in total. The Kier molecular flexibility index (Phi) is 4.31. The van der Waals surface area contributed by atoms with Gasteiger partial charge in [-0.3, -0.25) is 4.79 Å². The van der Waals surface area contributed by atoms with Crippen LogP contribution in [-0.4, -0.2) is 27.1 Å². The summed E-state index contributed by atoms with van der Waals surface area (Å²) in [6.45, 7) is 0. The maximum atomic E-state index is 14.2. The normalized spacial score (nSPS) is 10.8. The minimum atomic E-state index is -3.25. The van der Waals surface area contributed by atoms with Gasteiger partial charge in [0.05, 0.1) is 0 Å². The Morgan fingerprint density at radius 3 is 2.17 bits per heavy atom. The summed E-state index contributed by atoms with van der Waals surface area (Å²) in [5, 5.41) is 18.4. The quantitative estimate of drug-likeness (QED) is 0.672. The smallest absolute Gasteiger partial charge is 0.342 e. The van der Waals surface area contributed by atoms with Crippen LogP contribution in [0.15, 0.2) is 23.0 Å². The molecule has 1 aromatic heterocycles. The van der Waals surface area contributed by atoms with Crippen molar-refractivity contribution in [2.45, 2.75) is 6.43 Å². The Morgan fingerprint density at radius 2 is 1.67 bits per heavy atom. The molecular formula is C14H9F3N2O5. The van der Waals surface area contributed by atoms with Crippen molar-refractivity contribution < 1.29 is 33.0 Å². The predicted octanol–water partition coefficient (Wildman–Crippen LogP) is 2.10. The van der Waals surface area contributed by atoms with Crippen LogP contribution >= 0.6 is 0 Å². The van der Waals surface area contributed by atoms with Crippen LogP contribution in [-0.2, 0) is 0 Å². The number of carboxylic acids is 2. The predicted molar refractivity (Wildman–Crippen MR) is 75.7 cm³/mol. The number of carbonyl (C=O) groups is 2. The molecule has 0 aliphatic heterocycles. The third-order valence-corrected chi connectivity index (χ3v) is 3.20. The van der Waals surface area contributed by atoms with Crippen LogP contribution in [0.25, 0.3) is 11.1 Å². The topological polar surface area (TPSA) is 133 Å². The third-order valence-electron chi connectivity index (χ3n) is 3.20. The van der Waals surface area contributed by atoms with E-state index in [1.165, 1.54) is 0 Å². The summed E-state index contributed by atoms with van der Waals surface area (Å²) < 4.78 is 40.5. The molecule has 24 heavy (non-hydrogen) atoms. The average molecular weight is 342 g/mol. The van der Waals surface area contributed by atoms with Crippen LogP contribution in [0, 0.1) is 5.82 Å². The first-order chi connectivity index (χ1) is 11.2. The van der Waals surface area contributed by atoms with Crippen molar-refractivity contribution in [1.29, 1.82) is 0 Å². The number of aromatic nitrogens is 1. The lowest BCUT2D eigenvalue weighted by Crippen LogP contribution is -2.24. The van der Waals surface area contributed by atoms with Crippen molar-refractivity contribution in [3.8, 4) is 11.1 Å². The van der Waals surface area contributed by atoms with Gasteiger partial charge in [0.2, 0.25) is 0 Å². The Labute approximate surface area is 131 Å². The zero-order valence-electron chi connectivity index (χ0n) is 11.6. The van der Waals surface area contributed by atoms with E-state index in [4.69, 9.17) is 10.8 Å². The van der Waals surface area contributed by atoms with Gasteiger partial charge in [-0.1, -0.05) is 12.1 Å². The molecule has 0 amide bonds. The molecule has 0 aliphatic rings. The Balaban J connectivity index is 3.12. The second-order valence-corrected chi connectivity index (χ2v) is 4.61. The number of benzene rings is 1. The second-order valence-electron chi connectivity index (χ2n) is 4.61. The number of anilines is 1. The van der Waals surface area contributed by atoms with Crippen LogP contribution in [0.5, 0.6) is 0 Å². The van der Waals surface area contributed by atoms with Crippen molar-refractivity contribution >= 4 is 17.8 Å². The van der Waals surface area contributed by atoms with Gasteiger partial charge < -0.3 is 20.9 Å². The number of nitrogens with one attached hydrogen (secondary N) is 1. The molecule has 1 heterocycles. The molecule has 2 rings (SSSR count). The molecule has 0 unspecified atom stereocenters. The molecule has 1 aromatic carbocycles. The van der Waals surface area contributed by atoms with E-state index < -0.39 is 63.4 Å². The molecule has 2 aromatic rings. The number of nitrogen functional groups attached to an aromatic ring is 1. The monoisotopic (exact) mass is 342 g/mol. The van der Waals surface area contributed by atoms with Gasteiger partial charge in [0.1, 0.15) is 22.8 Å². The lowest BCUT2D eigenvalue weighted by Gasteiger charge is -2.16. The fraction of sp³-hybridized carbons (Fsp3) is 0.0714. The summed E-state index contributed by atoms with van der Waals surface area (Å²) in [7, 11) is 0. The van der Waals surface area contributed by atoms with Crippen molar-refractivity contribution in [1.82, 2.24) is 4.98 Å². The minimum Gasteiger partial charge on any atom is -0.478 e. The Bertz CT molecular complexity index is 908. The average Bonchev–Trinajstić information content (AvgIpc) is 2.44. The summed E-state index contributed by atoms with van der Waals surface area (Å²) in [4.78, 5) is 36.3. The number of pyridine rings is 1. The number of hydrogen-bond acceptors (Lipinski definition) is 4. The highest BCUT2D eigenvalue weighted by Gasteiger charge is 2.31. The number of rotatable bonds is 4. The molecule has 0 bridgehead atoms. The summed E-state index contributed by atoms with van der Waals surface area (Å²) >= 11 is 0. The lowest BCUT2D eigenvalue weighted by molar-refractivity contribution is 0.0695. The molecule has 0 fully saturated rings. The standard InChI is InChI=1S/C14H9F3N2O5/c15-5-3-1-2-4(10(16)17)6(5)7-8(13(21)22)11(18)19-12(20)9(7)14(23)24/h1-3,10H,(H,21,22)(H,23,24)(H3,18,19,20). The zero-order chi connectivity index (χ0) is 18.2. The molecule has 126 valence electrons. The highest BCUT2D eigenvalue weighted by Crippen LogP contribution is 2.37. The van der Waals surface area contributed by atoms with Gasteiger partial charge in [0.15, 0.2) is 0 Å². The van der Waals surface area contributed by atoms with E-state index in [1.54, 1.807) is 4.98 Å². The van der Waals surface area contributed by atoms with Gasteiger partial charge in [-0.05, 0) is 6.07 Å². The van der Waals surface area contributed by atoms with Crippen LogP contribution in [0.1, 0.15) is 32.7 Å². The summed E-state index contributed by atoms with van der Waals surface area (Å²) in [6, 6.07) is 2.46. The van der Waals surface area contributed by atoms with E-state index in [0.717, 1.165) is 18.2 Å². The van der Waals surface area contributed by atoms with Gasteiger partial charge in [-0.25, -0.2) is 22.8 Å². The molecule has 7 nitrogen and oxygen atoms in total. The number of aromatic amines is 1. The van der Waals surface area contributed by atoms with Crippen LogP contribution in [0.2, 0.25) is 0 Å². The van der Waals surface area contributed by atoms with E-state index in [1.807, 2.05) is 0 Å². The lowest BCUT2D eigenvalue weighted by atomic mass is 9.91. The number of nitrogens with two attached hydrogens (primary N) is 1. The number of aromatic carboxylic acids is 2. The SMILES string of the molecule is Nc1[nH]c(=O)c(C(=O)O)c(-c2c(F)cccc2C(F)F)c1C(=O)O. The van der Waals surface area contributed by atoms with Crippen molar-refractivity contribution in [3.05, 3.63) is 51.1 Å². The zero-order valence-corrected chi connectivity index (χ0v) is 11.6. The van der Waals surface area contributed by atoms with E-state index in [-0.39, 0.29) is 0 Å². The molecule has 0 saturated carbocycles. The fourth-order valence-corrected chi connectivity index (χ4v) is 2.28. The first-order valence-electron chi connectivity index (χ1n) is 6.26. The molecule has 0 atom stereocenters. The maximum Gasteiger partial charge on any atom is 0.342 e. The highest BCUT2D eigenvalue weighted by atomic mass is 19.3. The van der Waals surface area contributed by atoms with E-state index >= 15 is 0 Å². The van der Waals surface area contributed by atoms with E-state index in [0.29, 0.717) is 0 Å². The number of H-pyrrole nitrogens is 1. The number of hydrogen-bond donors (Lipinski definition) is 4. The van der Waals surface area contributed by atoms with Crippen molar-refractivity contribution in [2.24, 2.45) is 0 Å². The first kappa shape index (κ1) is 17.1. The summed E-state index contributed by atoms with van der Waals surface area (Å²) in [5.74, 6) is -5.83. The second kappa shape index (κ2) is 6.07. The largest absolute Gasteiger partial charge is 0.478 e. The number of halogens is 3. The highest BCUT2D eigenvalue weighted by molar-refractivity contribution is 6.07. The first-order valence-corrected chi connectivity index (χ1v) is 6.26. The van der Waals surface area contributed by atoms with Crippen molar-refractivity contribution in [2.75, 3.05) is 5.73 Å². The van der Waals surface area contributed by atoms with Crippen LogP contribution < -0.4 is 11.3 Å². The molecule has 0 radical (unpaired) electrons. The van der Waals surface area contributed by atoms with Gasteiger partial charge >= 0.3 is 11.9 Å². The van der Waals surface area contributed by atoms with Gasteiger partial charge in [-0.2, -0.15) is 0 Å². The van der Waals surface area contributed by atoms with Crippen LogP contribution in [0.3, 0.4) is 0 Å². The fourth-order valence-electron chi connectivity index (χ4n) is 2.28. The maximum absolute atomic E-state index is 14.2. The molecule has 10 heteroatoms. The Morgan fingerprint density at radius 1 is 1.08 bits per heavy atom. The summed E-state index contributed by atoms with van der Waals surface area (Å²) in [6.07, 6.45) is -3.25. The molecular weight excluding hydrogens is 333 g/mol. The third kappa shape index (κ3) is 2.69. The molecule has 0 saturated heterocycles. The molecule has 0 spiro atoms. The van der Waals surface area contributed by atoms with Gasteiger partial charge in [0.25, 0.3) is 12.0 Å².